The van der Waals surface area contributed by atoms with E-state index in [1.165, 1.54) is 10.6 Å². The standard InChI is InChI=1S/C15H28N2OS/c1-7-9-16-10-12-13(11(3)4)17-14(19-12)15(5,8-2)18-6/h11,16H,7-10H2,1-6H3. The van der Waals surface area contributed by atoms with Crippen molar-refractivity contribution in [2.24, 2.45) is 0 Å². The van der Waals surface area contributed by atoms with Crippen LogP contribution in [0.2, 0.25) is 0 Å². The molecule has 3 nitrogen and oxygen atoms in total. The van der Waals surface area contributed by atoms with Crippen LogP contribution in [0.4, 0.5) is 0 Å². The molecular formula is C15H28N2OS. The molecule has 0 aromatic carbocycles. The van der Waals surface area contributed by atoms with E-state index < -0.39 is 0 Å². The first-order chi connectivity index (χ1) is 8.98. The van der Waals surface area contributed by atoms with Gasteiger partial charge < -0.3 is 10.1 Å². The molecule has 0 aliphatic heterocycles. The van der Waals surface area contributed by atoms with E-state index in [-0.39, 0.29) is 5.60 Å². The minimum atomic E-state index is -0.253. The average Bonchev–Trinajstić information content (AvgIpc) is 2.83. The molecule has 1 N–H and O–H groups in total. The average molecular weight is 284 g/mol. The molecule has 19 heavy (non-hydrogen) atoms. The number of rotatable bonds is 8. The van der Waals surface area contributed by atoms with Crippen molar-refractivity contribution in [3.63, 3.8) is 0 Å². The van der Waals surface area contributed by atoms with Crippen molar-refractivity contribution in [2.75, 3.05) is 13.7 Å². The van der Waals surface area contributed by atoms with Gasteiger partial charge in [0.2, 0.25) is 0 Å². The van der Waals surface area contributed by atoms with Gasteiger partial charge >= 0.3 is 0 Å². The van der Waals surface area contributed by atoms with E-state index in [9.17, 15) is 0 Å². The van der Waals surface area contributed by atoms with E-state index in [1.807, 2.05) is 0 Å². The van der Waals surface area contributed by atoms with Crippen LogP contribution in [0, 0.1) is 0 Å². The van der Waals surface area contributed by atoms with Crippen LogP contribution >= 0.6 is 11.3 Å². The van der Waals surface area contributed by atoms with Crippen LogP contribution in [0.3, 0.4) is 0 Å². The van der Waals surface area contributed by atoms with Gasteiger partial charge in [0.05, 0.1) is 5.69 Å². The fourth-order valence-electron chi connectivity index (χ4n) is 1.93. The van der Waals surface area contributed by atoms with Crippen molar-refractivity contribution >= 4 is 11.3 Å². The maximum absolute atomic E-state index is 5.67. The van der Waals surface area contributed by atoms with Gasteiger partial charge in [-0.05, 0) is 32.2 Å². The molecule has 1 rings (SSSR count). The van der Waals surface area contributed by atoms with Crippen LogP contribution < -0.4 is 5.32 Å². The predicted molar refractivity (Wildman–Crippen MR) is 82.9 cm³/mol. The van der Waals surface area contributed by atoms with E-state index in [0.717, 1.165) is 30.9 Å². The molecule has 1 unspecified atom stereocenters. The molecular weight excluding hydrogens is 256 g/mol. The first-order valence-electron chi connectivity index (χ1n) is 7.24. The summed E-state index contributed by atoms with van der Waals surface area (Å²) in [6, 6.07) is 0. The van der Waals surface area contributed by atoms with Gasteiger partial charge in [0.1, 0.15) is 10.6 Å². The van der Waals surface area contributed by atoms with Gasteiger partial charge in [-0.1, -0.05) is 27.7 Å². The normalized spacial score (nSPS) is 14.9. The lowest BCUT2D eigenvalue weighted by atomic mass is 10.0. The molecule has 0 saturated carbocycles. The number of thiazole rings is 1. The topological polar surface area (TPSA) is 34.1 Å². The third-order valence-electron chi connectivity index (χ3n) is 3.56. The fraction of sp³-hybridized carbons (Fsp3) is 0.800. The summed E-state index contributed by atoms with van der Waals surface area (Å²) in [6.45, 7) is 12.8. The first kappa shape index (κ1) is 16.6. The van der Waals surface area contributed by atoms with Gasteiger partial charge in [-0.15, -0.1) is 11.3 Å². The van der Waals surface area contributed by atoms with Gasteiger partial charge in [-0.3, -0.25) is 0 Å². The van der Waals surface area contributed by atoms with Crippen molar-refractivity contribution in [1.82, 2.24) is 10.3 Å². The molecule has 0 fully saturated rings. The molecule has 0 spiro atoms. The number of hydrogen-bond donors (Lipinski definition) is 1. The van der Waals surface area contributed by atoms with E-state index in [2.05, 4.69) is 39.9 Å². The lowest BCUT2D eigenvalue weighted by molar-refractivity contribution is -0.00168. The van der Waals surface area contributed by atoms with Crippen LogP contribution in [0.5, 0.6) is 0 Å². The van der Waals surface area contributed by atoms with Crippen LogP contribution in [-0.2, 0) is 16.9 Å². The number of hydrogen-bond acceptors (Lipinski definition) is 4. The Bertz CT molecular complexity index is 383. The summed E-state index contributed by atoms with van der Waals surface area (Å²) in [5.74, 6) is 0.460. The van der Waals surface area contributed by atoms with Gasteiger partial charge in [0.25, 0.3) is 0 Å². The lowest BCUT2D eigenvalue weighted by Gasteiger charge is -2.23. The molecule has 0 radical (unpaired) electrons. The number of ether oxygens (including phenoxy) is 1. The van der Waals surface area contributed by atoms with E-state index in [4.69, 9.17) is 9.72 Å². The summed E-state index contributed by atoms with van der Waals surface area (Å²) in [6.07, 6.45) is 2.10. The molecule has 1 aromatic rings. The first-order valence-corrected chi connectivity index (χ1v) is 8.06. The maximum atomic E-state index is 5.67. The minimum Gasteiger partial charge on any atom is -0.371 e. The molecule has 0 aliphatic carbocycles. The largest absolute Gasteiger partial charge is 0.371 e. The Morgan fingerprint density at radius 3 is 2.53 bits per heavy atom. The zero-order chi connectivity index (χ0) is 14.5. The highest BCUT2D eigenvalue weighted by atomic mass is 32.1. The Morgan fingerprint density at radius 1 is 1.37 bits per heavy atom. The summed E-state index contributed by atoms with van der Waals surface area (Å²) in [4.78, 5) is 6.21. The third-order valence-corrected chi connectivity index (χ3v) is 4.88. The molecule has 110 valence electrons. The van der Waals surface area contributed by atoms with Gasteiger partial charge in [0, 0.05) is 18.5 Å². The summed E-state index contributed by atoms with van der Waals surface area (Å²) < 4.78 is 5.67. The molecule has 1 atom stereocenters. The van der Waals surface area contributed by atoms with E-state index in [0.29, 0.717) is 5.92 Å². The Labute approximate surface area is 121 Å². The zero-order valence-corrected chi connectivity index (χ0v) is 14.0. The van der Waals surface area contributed by atoms with E-state index >= 15 is 0 Å². The highest BCUT2D eigenvalue weighted by molar-refractivity contribution is 7.11. The van der Waals surface area contributed by atoms with Crippen LogP contribution in [0.1, 0.15) is 69.0 Å². The Kier molecular flexibility index (Phi) is 6.43. The fourth-order valence-corrected chi connectivity index (χ4v) is 3.31. The second kappa shape index (κ2) is 7.36. The predicted octanol–water partition coefficient (Wildman–Crippen LogP) is 4.04. The summed E-state index contributed by atoms with van der Waals surface area (Å²) in [7, 11) is 1.77. The zero-order valence-electron chi connectivity index (χ0n) is 13.2. The number of nitrogens with zero attached hydrogens (tertiary/aromatic N) is 1. The quantitative estimate of drug-likeness (QED) is 0.732. The Hall–Kier alpha value is -0.450. The molecule has 0 amide bonds. The third kappa shape index (κ3) is 4.01. The van der Waals surface area contributed by atoms with Crippen molar-refractivity contribution in [3.8, 4) is 0 Å². The number of nitrogens with one attached hydrogen (secondary N) is 1. The molecule has 0 saturated heterocycles. The summed E-state index contributed by atoms with van der Waals surface area (Å²) >= 11 is 1.80. The number of methoxy groups -OCH3 is 1. The molecule has 4 heteroatoms. The highest BCUT2D eigenvalue weighted by Gasteiger charge is 2.29. The second-order valence-electron chi connectivity index (χ2n) is 5.45. The Morgan fingerprint density at radius 2 is 2.05 bits per heavy atom. The highest BCUT2D eigenvalue weighted by Crippen LogP contribution is 2.35. The van der Waals surface area contributed by atoms with E-state index in [1.54, 1.807) is 18.4 Å². The molecule has 1 heterocycles. The smallest absolute Gasteiger partial charge is 0.125 e. The van der Waals surface area contributed by atoms with Crippen molar-refractivity contribution in [2.45, 2.75) is 65.5 Å². The van der Waals surface area contributed by atoms with Crippen molar-refractivity contribution in [1.29, 1.82) is 0 Å². The van der Waals surface area contributed by atoms with Gasteiger partial charge in [0.15, 0.2) is 0 Å². The second-order valence-corrected chi connectivity index (χ2v) is 6.53. The van der Waals surface area contributed by atoms with Crippen LogP contribution in [0.25, 0.3) is 0 Å². The molecule has 1 aromatic heterocycles. The maximum Gasteiger partial charge on any atom is 0.125 e. The van der Waals surface area contributed by atoms with Crippen molar-refractivity contribution < 1.29 is 4.74 Å². The molecule has 0 bridgehead atoms. The van der Waals surface area contributed by atoms with Crippen LogP contribution in [-0.4, -0.2) is 18.6 Å². The van der Waals surface area contributed by atoms with Gasteiger partial charge in [-0.25, -0.2) is 4.98 Å². The SMILES string of the molecule is CCCNCc1sc(C(C)(CC)OC)nc1C(C)C. The number of aromatic nitrogens is 1. The lowest BCUT2D eigenvalue weighted by Crippen LogP contribution is -2.22. The summed E-state index contributed by atoms with van der Waals surface area (Å²) in [5.41, 5.74) is 0.970. The molecule has 0 aliphatic rings. The van der Waals surface area contributed by atoms with Crippen molar-refractivity contribution in [3.05, 3.63) is 15.6 Å². The van der Waals surface area contributed by atoms with Gasteiger partial charge in [-0.2, -0.15) is 0 Å². The minimum absolute atomic E-state index is 0.253. The summed E-state index contributed by atoms with van der Waals surface area (Å²) in [5, 5.41) is 4.58. The van der Waals surface area contributed by atoms with Crippen LogP contribution in [0.15, 0.2) is 0 Å². The Balaban J connectivity index is 3.00. The monoisotopic (exact) mass is 284 g/mol.